The van der Waals surface area contributed by atoms with Crippen LogP contribution in [0.5, 0.6) is 11.5 Å². The van der Waals surface area contributed by atoms with Gasteiger partial charge >= 0.3 is 0 Å². The molecule has 18 heavy (non-hydrogen) atoms. The number of hydrogen-bond donors (Lipinski definition) is 1. The van der Waals surface area contributed by atoms with E-state index in [0.29, 0.717) is 6.54 Å². The van der Waals surface area contributed by atoms with Crippen LogP contribution in [0.15, 0.2) is 60.7 Å². The highest BCUT2D eigenvalue weighted by Crippen LogP contribution is 2.21. The van der Waals surface area contributed by atoms with E-state index >= 15 is 0 Å². The number of rotatable bonds is 5. The van der Waals surface area contributed by atoms with Crippen molar-refractivity contribution in [2.75, 3.05) is 6.54 Å². The van der Waals surface area contributed by atoms with Crippen molar-refractivity contribution < 1.29 is 4.74 Å². The summed E-state index contributed by atoms with van der Waals surface area (Å²) < 4.78 is 5.71. The van der Waals surface area contributed by atoms with Crippen molar-refractivity contribution in [2.24, 2.45) is 5.73 Å². The molecular weight excluding hydrogens is 222 g/mol. The molecule has 0 spiro atoms. The van der Waals surface area contributed by atoms with Gasteiger partial charge in [-0.3, -0.25) is 0 Å². The second-order valence-electron chi connectivity index (χ2n) is 3.96. The Labute approximate surface area is 108 Å². The number of benzene rings is 2. The minimum absolute atomic E-state index is 0.686. The molecule has 0 atom stereocenters. The molecule has 0 saturated heterocycles. The van der Waals surface area contributed by atoms with Gasteiger partial charge in [0.15, 0.2) is 0 Å². The van der Waals surface area contributed by atoms with Crippen LogP contribution in [-0.4, -0.2) is 6.54 Å². The molecule has 2 aromatic rings. The second kappa shape index (κ2) is 6.62. The van der Waals surface area contributed by atoms with E-state index in [0.717, 1.165) is 23.5 Å². The van der Waals surface area contributed by atoms with Crippen molar-refractivity contribution in [2.45, 2.75) is 6.42 Å². The molecule has 0 unspecified atom stereocenters. The molecule has 2 nitrogen and oxygen atoms in total. The summed E-state index contributed by atoms with van der Waals surface area (Å²) >= 11 is 0. The van der Waals surface area contributed by atoms with Crippen LogP contribution < -0.4 is 10.5 Å². The van der Waals surface area contributed by atoms with Gasteiger partial charge in [0, 0.05) is 0 Å². The molecular formula is C16H17NO. The summed E-state index contributed by atoms with van der Waals surface area (Å²) in [5.74, 6) is 1.70. The predicted molar refractivity (Wildman–Crippen MR) is 75.7 cm³/mol. The minimum Gasteiger partial charge on any atom is -0.457 e. The Balaban J connectivity index is 2.00. The molecule has 2 heteroatoms. The fourth-order valence-corrected chi connectivity index (χ4v) is 1.59. The molecule has 2 N–H and O–H groups in total. The van der Waals surface area contributed by atoms with E-state index in [1.165, 1.54) is 0 Å². The van der Waals surface area contributed by atoms with E-state index in [1.807, 2.05) is 54.6 Å². The molecule has 0 saturated carbocycles. The summed E-state index contributed by atoms with van der Waals surface area (Å²) in [6.07, 6.45) is 5.05. The Morgan fingerprint density at radius 1 is 0.889 bits per heavy atom. The lowest BCUT2D eigenvalue weighted by Crippen LogP contribution is -1.94. The summed E-state index contributed by atoms with van der Waals surface area (Å²) in [7, 11) is 0. The summed E-state index contributed by atoms with van der Waals surface area (Å²) in [6.45, 7) is 0.686. The maximum absolute atomic E-state index is 5.71. The molecule has 0 heterocycles. The van der Waals surface area contributed by atoms with Crippen molar-refractivity contribution in [3.8, 4) is 11.5 Å². The van der Waals surface area contributed by atoms with E-state index < -0.39 is 0 Å². The topological polar surface area (TPSA) is 35.2 Å². The van der Waals surface area contributed by atoms with Crippen molar-refractivity contribution in [1.29, 1.82) is 0 Å². The minimum atomic E-state index is 0.686. The molecule has 0 aromatic heterocycles. The smallest absolute Gasteiger partial charge is 0.127 e. The average molecular weight is 239 g/mol. The first-order valence-electron chi connectivity index (χ1n) is 6.08. The lowest BCUT2D eigenvalue weighted by Gasteiger charge is -2.05. The van der Waals surface area contributed by atoms with Crippen molar-refractivity contribution in [3.05, 3.63) is 66.2 Å². The molecule has 92 valence electrons. The molecule has 0 bridgehead atoms. The van der Waals surface area contributed by atoms with Gasteiger partial charge in [0.2, 0.25) is 0 Å². The van der Waals surface area contributed by atoms with E-state index in [9.17, 15) is 0 Å². The summed E-state index contributed by atoms with van der Waals surface area (Å²) in [5.41, 5.74) is 6.59. The quantitative estimate of drug-likeness (QED) is 0.860. The fourth-order valence-electron chi connectivity index (χ4n) is 1.59. The Kier molecular flexibility index (Phi) is 4.56. The van der Waals surface area contributed by atoms with Crippen LogP contribution in [-0.2, 0) is 0 Å². The molecule has 0 amide bonds. The molecule has 2 rings (SSSR count). The zero-order chi connectivity index (χ0) is 12.6. The van der Waals surface area contributed by atoms with E-state index in [-0.39, 0.29) is 0 Å². The standard InChI is InChI=1S/C16H17NO/c17-13-5-4-6-14-9-11-16(12-10-14)18-15-7-2-1-3-8-15/h1-4,6-12H,5,13,17H2. The van der Waals surface area contributed by atoms with Gasteiger partial charge in [0.25, 0.3) is 0 Å². The molecule has 0 fully saturated rings. The summed E-state index contributed by atoms with van der Waals surface area (Å²) in [4.78, 5) is 0. The van der Waals surface area contributed by atoms with Gasteiger partial charge in [-0.1, -0.05) is 42.5 Å². The van der Waals surface area contributed by atoms with Gasteiger partial charge < -0.3 is 10.5 Å². The van der Waals surface area contributed by atoms with E-state index in [4.69, 9.17) is 10.5 Å². The first-order valence-corrected chi connectivity index (χ1v) is 6.08. The van der Waals surface area contributed by atoms with Gasteiger partial charge in [-0.15, -0.1) is 0 Å². The molecule has 0 aliphatic heterocycles. The number of ether oxygens (including phenoxy) is 1. The Morgan fingerprint density at radius 3 is 2.22 bits per heavy atom. The normalized spacial score (nSPS) is 10.7. The fraction of sp³-hybridized carbons (Fsp3) is 0.125. The van der Waals surface area contributed by atoms with E-state index in [2.05, 4.69) is 12.2 Å². The summed E-state index contributed by atoms with van der Waals surface area (Å²) in [6, 6.07) is 17.8. The third-order valence-electron chi connectivity index (χ3n) is 2.50. The van der Waals surface area contributed by atoms with Gasteiger partial charge in [-0.05, 0) is 42.8 Å². The number of para-hydroxylation sites is 1. The van der Waals surface area contributed by atoms with Crippen LogP contribution in [0.1, 0.15) is 12.0 Å². The Morgan fingerprint density at radius 2 is 1.56 bits per heavy atom. The monoisotopic (exact) mass is 239 g/mol. The van der Waals surface area contributed by atoms with Gasteiger partial charge in [-0.25, -0.2) is 0 Å². The highest BCUT2D eigenvalue weighted by molar-refractivity contribution is 5.50. The van der Waals surface area contributed by atoms with Gasteiger partial charge in [-0.2, -0.15) is 0 Å². The average Bonchev–Trinajstić information content (AvgIpc) is 2.42. The molecule has 0 aliphatic rings. The number of nitrogens with two attached hydrogens (primary N) is 1. The first-order chi connectivity index (χ1) is 8.88. The van der Waals surface area contributed by atoms with Crippen LogP contribution in [0, 0.1) is 0 Å². The summed E-state index contributed by atoms with van der Waals surface area (Å²) in [5, 5.41) is 0. The highest BCUT2D eigenvalue weighted by atomic mass is 16.5. The van der Waals surface area contributed by atoms with Crippen molar-refractivity contribution in [3.63, 3.8) is 0 Å². The van der Waals surface area contributed by atoms with Gasteiger partial charge in [0.1, 0.15) is 11.5 Å². The Bertz CT molecular complexity index is 488. The highest BCUT2D eigenvalue weighted by Gasteiger charge is 1.95. The molecule has 0 radical (unpaired) electrons. The third kappa shape index (κ3) is 3.75. The Hall–Kier alpha value is -2.06. The zero-order valence-electron chi connectivity index (χ0n) is 10.3. The second-order valence-corrected chi connectivity index (χ2v) is 3.96. The largest absolute Gasteiger partial charge is 0.457 e. The van der Waals surface area contributed by atoms with Crippen molar-refractivity contribution in [1.82, 2.24) is 0 Å². The van der Waals surface area contributed by atoms with Crippen LogP contribution in [0.25, 0.3) is 6.08 Å². The molecule has 0 aliphatic carbocycles. The third-order valence-corrected chi connectivity index (χ3v) is 2.50. The zero-order valence-corrected chi connectivity index (χ0v) is 10.3. The maximum Gasteiger partial charge on any atom is 0.127 e. The lowest BCUT2D eigenvalue weighted by atomic mass is 10.2. The SMILES string of the molecule is NCCC=Cc1ccc(Oc2ccccc2)cc1. The first kappa shape index (κ1) is 12.4. The van der Waals surface area contributed by atoms with Crippen molar-refractivity contribution >= 4 is 6.08 Å². The predicted octanol–water partition coefficient (Wildman–Crippen LogP) is 3.84. The van der Waals surface area contributed by atoms with Crippen LogP contribution in [0.2, 0.25) is 0 Å². The number of hydrogen-bond acceptors (Lipinski definition) is 2. The van der Waals surface area contributed by atoms with Gasteiger partial charge in [0.05, 0.1) is 0 Å². The maximum atomic E-state index is 5.71. The van der Waals surface area contributed by atoms with Crippen LogP contribution in [0.3, 0.4) is 0 Å². The van der Waals surface area contributed by atoms with E-state index in [1.54, 1.807) is 0 Å². The van der Waals surface area contributed by atoms with Crippen LogP contribution in [0.4, 0.5) is 0 Å². The van der Waals surface area contributed by atoms with Crippen LogP contribution >= 0.6 is 0 Å². The molecule has 2 aromatic carbocycles. The lowest BCUT2D eigenvalue weighted by molar-refractivity contribution is 0.482.